The van der Waals surface area contributed by atoms with E-state index in [1.807, 2.05) is 26.0 Å². The molecule has 1 aliphatic heterocycles. The van der Waals surface area contributed by atoms with E-state index in [1.165, 1.54) is 0 Å². The number of hydrogen-bond donors (Lipinski definition) is 1. The second-order valence-corrected chi connectivity index (χ2v) is 5.68. The lowest BCUT2D eigenvalue weighted by Gasteiger charge is -2.22. The van der Waals surface area contributed by atoms with E-state index in [-0.39, 0.29) is 0 Å². The van der Waals surface area contributed by atoms with E-state index < -0.39 is 5.79 Å². The van der Waals surface area contributed by atoms with Gasteiger partial charge >= 0.3 is 0 Å². The summed E-state index contributed by atoms with van der Waals surface area (Å²) in [4.78, 5) is 4.59. The van der Waals surface area contributed by atoms with Gasteiger partial charge in [-0.1, -0.05) is 12.1 Å². The summed E-state index contributed by atoms with van der Waals surface area (Å²) in [7, 11) is 1.67. The lowest BCUT2D eigenvalue weighted by molar-refractivity contribution is -0.144. The SMILES string of the molecule is COc1cccc2c(NCCC3(C)OCCO3)cc(C)nc12. The van der Waals surface area contributed by atoms with Crippen LogP contribution in [-0.2, 0) is 9.47 Å². The van der Waals surface area contributed by atoms with Crippen LogP contribution in [0.3, 0.4) is 0 Å². The molecule has 3 rings (SSSR count). The number of anilines is 1. The number of nitrogens with one attached hydrogen (secondary N) is 1. The highest BCUT2D eigenvalue weighted by molar-refractivity contribution is 5.95. The fraction of sp³-hybridized carbons (Fsp3) is 0.471. The first-order valence-electron chi connectivity index (χ1n) is 7.57. The molecule has 0 atom stereocenters. The number of nitrogens with zero attached hydrogens (tertiary/aromatic N) is 1. The molecule has 0 aliphatic carbocycles. The molecule has 1 N–H and O–H groups in total. The standard InChI is InChI=1S/C17H22N2O3/c1-12-11-14(18-8-7-17(2)21-9-10-22-17)13-5-4-6-15(20-3)16(13)19-12/h4-6,11H,7-10H2,1-3H3,(H,18,19). The summed E-state index contributed by atoms with van der Waals surface area (Å²) < 4.78 is 16.7. The molecule has 2 aromatic rings. The van der Waals surface area contributed by atoms with E-state index in [2.05, 4.69) is 22.4 Å². The first-order chi connectivity index (χ1) is 10.6. The molecule has 0 saturated carbocycles. The largest absolute Gasteiger partial charge is 0.494 e. The summed E-state index contributed by atoms with van der Waals surface area (Å²) in [6, 6.07) is 8.02. The molecule has 1 aromatic carbocycles. The highest BCUT2D eigenvalue weighted by atomic mass is 16.7. The molecule has 0 unspecified atom stereocenters. The van der Waals surface area contributed by atoms with E-state index in [0.29, 0.717) is 13.2 Å². The minimum absolute atomic E-state index is 0.470. The molecule has 5 nitrogen and oxygen atoms in total. The minimum atomic E-state index is -0.470. The third-order valence-electron chi connectivity index (χ3n) is 3.94. The van der Waals surface area contributed by atoms with Crippen molar-refractivity contribution in [2.45, 2.75) is 26.1 Å². The number of pyridine rings is 1. The molecule has 0 spiro atoms. The molecule has 2 heterocycles. The summed E-state index contributed by atoms with van der Waals surface area (Å²) in [6.07, 6.45) is 0.792. The lowest BCUT2D eigenvalue weighted by atomic mass is 10.1. The van der Waals surface area contributed by atoms with Gasteiger partial charge in [-0.25, -0.2) is 4.98 Å². The monoisotopic (exact) mass is 302 g/mol. The number of aromatic nitrogens is 1. The van der Waals surface area contributed by atoms with Gasteiger partial charge in [-0.2, -0.15) is 0 Å². The molecule has 22 heavy (non-hydrogen) atoms. The summed E-state index contributed by atoms with van der Waals surface area (Å²) in [5.41, 5.74) is 2.90. The Morgan fingerprint density at radius 1 is 1.32 bits per heavy atom. The maximum absolute atomic E-state index is 5.63. The first kappa shape index (κ1) is 15.1. The molecule has 0 amide bonds. The van der Waals surface area contributed by atoms with Crippen molar-refractivity contribution in [3.63, 3.8) is 0 Å². The molecule has 0 radical (unpaired) electrons. The highest BCUT2D eigenvalue weighted by Gasteiger charge is 2.30. The van der Waals surface area contributed by atoms with Crippen LogP contribution in [-0.4, -0.2) is 37.6 Å². The number of hydrogen-bond acceptors (Lipinski definition) is 5. The van der Waals surface area contributed by atoms with Crippen LogP contribution in [0.15, 0.2) is 24.3 Å². The van der Waals surface area contributed by atoms with Gasteiger partial charge in [0.15, 0.2) is 5.79 Å². The van der Waals surface area contributed by atoms with E-state index in [4.69, 9.17) is 14.2 Å². The van der Waals surface area contributed by atoms with Gasteiger partial charge in [-0.3, -0.25) is 0 Å². The number of aryl methyl sites for hydroxylation is 1. The van der Waals surface area contributed by atoms with Gasteiger partial charge in [0, 0.05) is 29.7 Å². The second-order valence-electron chi connectivity index (χ2n) is 5.68. The van der Waals surface area contributed by atoms with Gasteiger partial charge in [0.25, 0.3) is 0 Å². The van der Waals surface area contributed by atoms with Crippen molar-refractivity contribution in [1.82, 2.24) is 4.98 Å². The maximum atomic E-state index is 5.63. The van der Waals surface area contributed by atoms with Crippen molar-refractivity contribution in [1.29, 1.82) is 0 Å². The predicted octanol–water partition coefficient (Wildman–Crippen LogP) is 3.12. The van der Waals surface area contributed by atoms with Crippen molar-refractivity contribution < 1.29 is 14.2 Å². The quantitative estimate of drug-likeness (QED) is 0.919. The molecule has 1 saturated heterocycles. The van der Waals surface area contributed by atoms with Crippen molar-refractivity contribution in [3.05, 3.63) is 30.0 Å². The zero-order valence-corrected chi connectivity index (χ0v) is 13.3. The number of ether oxygens (including phenoxy) is 3. The average molecular weight is 302 g/mol. The number of para-hydroxylation sites is 1. The fourth-order valence-electron chi connectivity index (χ4n) is 2.79. The van der Waals surface area contributed by atoms with E-state index in [9.17, 15) is 0 Å². The smallest absolute Gasteiger partial charge is 0.167 e. The third kappa shape index (κ3) is 3.00. The molecular formula is C17H22N2O3. The van der Waals surface area contributed by atoms with Gasteiger partial charge in [-0.15, -0.1) is 0 Å². The Labute approximate surface area is 130 Å². The lowest BCUT2D eigenvalue weighted by Crippen LogP contribution is -2.28. The molecule has 0 bridgehead atoms. The van der Waals surface area contributed by atoms with Crippen LogP contribution in [0, 0.1) is 6.92 Å². The van der Waals surface area contributed by atoms with Gasteiger partial charge < -0.3 is 19.5 Å². The number of fused-ring (bicyclic) bond motifs is 1. The van der Waals surface area contributed by atoms with Crippen LogP contribution < -0.4 is 10.1 Å². The van der Waals surface area contributed by atoms with Gasteiger partial charge in [0.2, 0.25) is 0 Å². The van der Waals surface area contributed by atoms with Crippen molar-refractivity contribution in [2.24, 2.45) is 0 Å². The Morgan fingerprint density at radius 2 is 2.09 bits per heavy atom. The maximum Gasteiger partial charge on any atom is 0.167 e. The third-order valence-corrected chi connectivity index (χ3v) is 3.94. The van der Waals surface area contributed by atoms with Crippen LogP contribution in [0.5, 0.6) is 5.75 Å². The van der Waals surface area contributed by atoms with Crippen LogP contribution in [0.1, 0.15) is 19.0 Å². The van der Waals surface area contributed by atoms with Crippen LogP contribution in [0.2, 0.25) is 0 Å². The number of rotatable bonds is 5. The summed E-state index contributed by atoms with van der Waals surface area (Å²) in [6.45, 7) is 6.09. The Bertz CT molecular complexity index is 666. The van der Waals surface area contributed by atoms with Crippen molar-refractivity contribution >= 4 is 16.6 Å². The highest BCUT2D eigenvalue weighted by Crippen LogP contribution is 2.30. The van der Waals surface area contributed by atoms with E-state index in [0.717, 1.165) is 41.0 Å². The Kier molecular flexibility index (Phi) is 4.18. The molecule has 1 aromatic heterocycles. The topological polar surface area (TPSA) is 52.6 Å². The van der Waals surface area contributed by atoms with E-state index >= 15 is 0 Å². The second kappa shape index (κ2) is 6.10. The molecule has 1 aliphatic rings. The molecular weight excluding hydrogens is 280 g/mol. The zero-order valence-electron chi connectivity index (χ0n) is 13.3. The Hall–Kier alpha value is -1.85. The molecule has 1 fully saturated rings. The van der Waals surface area contributed by atoms with Gasteiger partial charge in [0.1, 0.15) is 11.3 Å². The number of benzene rings is 1. The number of methoxy groups -OCH3 is 1. The summed E-state index contributed by atoms with van der Waals surface area (Å²) in [5.74, 6) is 0.321. The minimum Gasteiger partial charge on any atom is -0.494 e. The van der Waals surface area contributed by atoms with Crippen molar-refractivity contribution in [3.8, 4) is 5.75 Å². The average Bonchev–Trinajstić information content (AvgIpc) is 2.93. The van der Waals surface area contributed by atoms with Crippen LogP contribution >= 0.6 is 0 Å². The summed E-state index contributed by atoms with van der Waals surface area (Å²) >= 11 is 0. The van der Waals surface area contributed by atoms with Gasteiger partial charge in [-0.05, 0) is 26.0 Å². The fourth-order valence-corrected chi connectivity index (χ4v) is 2.79. The van der Waals surface area contributed by atoms with Crippen LogP contribution in [0.25, 0.3) is 10.9 Å². The molecule has 5 heteroatoms. The summed E-state index contributed by atoms with van der Waals surface area (Å²) in [5, 5.41) is 4.54. The van der Waals surface area contributed by atoms with E-state index in [1.54, 1.807) is 7.11 Å². The zero-order chi connectivity index (χ0) is 15.6. The molecule has 118 valence electrons. The van der Waals surface area contributed by atoms with Crippen molar-refractivity contribution in [2.75, 3.05) is 32.2 Å². The van der Waals surface area contributed by atoms with Crippen LogP contribution in [0.4, 0.5) is 5.69 Å². The Morgan fingerprint density at radius 3 is 2.82 bits per heavy atom. The Balaban J connectivity index is 1.81. The predicted molar refractivity (Wildman–Crippen MR) is 86.4 cm³/mol. The first-order valence-corrected chi connectivity index (χ1v) is 7.57. The van der Waals surface area contributed by atoms with Gasteiger partial charge in [0.05, 0.1) is 20.3 Å². The normalized spacial score (nSPS) is 16.9.